The highest BCUT2D eigenvalue weighted by atomic mass is 16.1. The highest BCUT2D eigenvalue weighted by Gasteiger charge is 2.20. The average Bonchev–Trinajstić information content (AvgIpc) is 2.79. The summed E-state index contributed by atoms with van der Waals surface area (Å²) in [5.41, 5.74) is 2.86. The molecule has 1 atom stereocenters. The first kappa shape index (κ1) is 13.1. The topological polar surface area (TPSA) is 46.1 Å². The van der Waals surface area contributed by atoms with E-state index in [1.165, 1.54) is 30.4 Å². The number of hydrogen-bond donors (Lipinski definition) is 2. The molecule has 0 spiro atoms. The Morgan fingerprint density at radius 2 is 2.33 bits per heavy atom. The Kier molecular flexibility index (Phi) is 4.42. The fourth-order valence-corrected chi connectivity index (χ4v) is 2.69. The molecule has 0 radical (unpaired) electrons. The van der Waals surface area contributed by atoms with Crippen LogP contribution in [0.2, 0.25) is 0 Å². The number of nitrogens with one attached hydrogen (secondary N) is 2. The molecule has 1 unspecified atom stereocenters. The third-order valence-corrected chi connectivity index (χ3v) is 3.63. The average molecular weight is 249 g/mol. The third-order valence-electron chi connectivity index (χ3n) is 3.63. The van der Waals surface area contributed by atoms with Gasteiger partial charge in [0.2, 0.25) is 5.91 Å². The minimum atomic E-state index is 0.134. The summed E-state index contributed by atoms with van der Waals surface area (Å²) in [6.07, 6.45) is 8.60. The van der Waals surface area contributed by atoms with Crippen LogP contribution in [0.4, 0.5) is 0 Å². The van der Waals surface area contributed by atoms with Gasteiger partial charge in [0.25, 0.3) is 0 Å². The Balaban J connectivity index is 1.98. The molecule has 0 aromatic carbocycles. The summed E-state index contributed by atoms with van der Waals surface area (Å²) in [5.74, 6) is 0.134. The van der Waals surface area contributed by atoms with Crippen molar-refractivity contribution in [1.29, 1.82) is 0 Å². The molecule has 1 aliphatic rings. The molecule has 0 aliphatic heterocycles. The van der Waals surface area contributed by atoms with E-state index in [1.807, 2.05) is 14.0 Å². The molecule has 4 heteroatoms. The molecule has 4 nitrogen and oxygen atoms in total. The minimum Gasteiger partial charge on any atom is -0.356 e. The number of nitrogens with zero attached hydrogens (tertiary/aromatic N) is 1. The molecule has 1 heterocycles. The van der Waals surface area contributed by atoms with Gasteiger partial charge in [0, 0.05) is 37.9 Å². The zero-order chi connectivity index (χ0) is 13.0. The van der Waals surface area contributed by atoms with Gasteiger partial charge in [0.15, 0.2) is 0 Å². The fourth-order valence-electron chi connectivity index (χ4n) is 2.69. The van der Waals surface area contributed by atoms with Crippen LogP contribution in [0.5, 0.6) is 0 Å². The molecule has 0 bridgehead atoms. The quantitative estimate of drug-likeness (QED) is 0.833. The van der Waals surface area contributed by atoms with Crippen molar-refractivity contribution in [3.8, 4) is 0 Å². The van der Waals surface area contributed by atoms with E-state index in [-0.39, 0.29) is 5.91 Å². The Morgan fingerprint density at radius 1 is 1.50 bits per heavy atom. The molecule has 0 saturated heterocycles. The molecule has 1 aliphatic carbocycles. The van der Waals surface area contributed by atoms with Crippen LogP contribution in [0.25, 0.3) is 0 Å². The summed E-state index contributed by atoms with van der Waals surface area (Å²) in [7, 11) is 2.02. The highest BCUT2D eigenvalue weighted by molar-refractivity contribution is 5.75. The normalized spacial score (nSPS) is 18.4. The van der Waals surface area contributed by atoms with E-state index in [2.05, 4.69) is 27.6 Å². The number of rotatable bonds is 5. The van der Waals surface area contributed by atoms with E-state index >= 15 is 0 Å². The second-order valence-electron chi connectivity index (χ2n) is 4.91. The number of amides is 1. The number of carbonyl (C=O) groups is 1. The second kappa shape index (κ2) is 6.05. The van der Waals surface area contributed by atoms with Crippen LogP contribution in [0.15, 0.2) is 12.4 Å². The molecule has 1 amide bonds. The molecule has 18 heavy (non-hydrogen) atoms. The van der Waals surface area contributed by atoms with E-state index in [1.54, 1.807) is 0 Å². The first-order chi connectivity index (χ1) is 8.74. The maximum absolute atomic E-state index is 11.4. The van der Waals surface area contributed by atoms with Crippen molar-refractivity contribution in [1.82, 2.24) is 15.2 Å². The number of fused-ring (bicyclic) bond motifs is 1. The molecular formula is C14H23N3O. The Labute approximate surface area is 109 Å². The molecule has 2 rings (SSSR count). The summed E-state index contributed by atoms with van der Waals surface area (Å²) in [5, 5.41) is 6.20. The Morgan fingerprint density at radius 3 is 3.06 bits per heavy atom. The molecule has 0 fully saturated rings. The fraction of sp³-hybridized carbons (Fsp3) is 0.643. The van der Waals surface area contributed by atoms with Gasteiger partial charge in [-0.15, -0.1) is 0 Å². The summed E-state index contributed by atoms with van der Waals surface area (Å²) in [6, 6.07) is 0.486. The van der Waals surface area contributed by atoms with Crippen molar-refractivity contribution in [2.75, 3.05) is 13.6 Å². The van der Waals surface area contributed by atoms with E-state index in [0.717, 1.165) is 6.54 Å². The predicted octanol–water partition coefficient (Wildman–Crippen LogP) is 1.61. The van der Waals surface area contributed by atoms with Crippen LogP contribution >= 0.6 is 0 Å². The van der Waals surface area contributed by atoms with Crippen LogP contribution in [-0.4, -0.2) is 24.1 Å². The van der Waals surface area contributed by atoms with Crippen molar-refractivity contribution in [2.24, 2.45) is 0 Å². The molecule has 1 aromatic heterocycles. The smallest absolute Gasteiger partial charge is 0.221 e. The van der Waals surface area contributed by atoms with Crippen molar-refractivity contribution < 1.29 is 4.79 Å². The second-order valence-corrected chi connectivity index (χ2v) is 4.91. The largest absolute Gasteiger partial charge is 0.356 e. The van der Waals surface area contributed by atoms with Gasteiger partial charge >= 0.3 is 0 Å². The van der Waals surface area contributed by atoms with Crippen LogP contribution in [0.1, 0.15) is 43.4 Å². The molecule has 1 aromatic rings. The number of carbonyl (C=O) groups excluding carboxylic acids is 1. The lowest BCUT2D eigenvalue weighted by atomic mass is 9.91. The summed E-state index contributed by atoms with van der Waals surface area (Å²) >= 11 is 0. The van der Waals surface area contributed by atoms with Gasteiger partial charge in [-0.25, -0.2) is 0 Å². The van der Waals surface area contributed by atoms with E-state index in [4.69, 9.17) is 0 Å². The Bertz CT molecular complexity index is 411. The first-order valence-electron chi connectivity index (χ1n) is 6.87. The third kappa shape index (κ3) is 2.93. The van der Waals surface area contributed by atoms with Crippen LogP contribution < -0.4 is 10.6 Å². The zero-order valence-corrected chi connectivity index (χ0v) is 11.3. The zero-order valence-electron chi connectivity index (χ0n) is 11.3. The minimum absolute atomic E-state index is 0.134. The van der Waals surface area contributed by atoms with Crippen molar-refractivity contribution >= 4 is 5.91 Å². The maximum Gasteiger partial charge on any atom is 0.221 e. The monoisotopic (exact) mass is 249 g/mol. The van der Waals surface area contributed by atoms with Crippen LogP contribution in [0.3, 0.4) is 0 Å². The lowest BCUT2D eigenvalue weighted by Crippen LogP contribution is -2.23. The molecular weight excluding hydrogens is 226 g/mol. The van der Waals surface area contributed by atoms with Crippen molar-refractivity contribution in [3.63, 3.8) is 0 Å². The lowest BCUT2D eigenvalue weighted by molar-refractivity contribution is -0.121. The van der Waals surface area contributed by atoms with Crippen molar-refractivity contribution in [2.45, 2.75) is 45.2 Å². The van der Waals surface area contributed by atoms with E-state index < -0.39 is 0 Å². The van der Waals surface area contributed by atoms with Crippen LogP contribution in [-0.2, 0) is 17.8 Å². The van der Waals surface area contributed by atoms with E-state index in [9.17, 15) is 4.79 Å². The SMILES string of the molecule is CCNC(=O)CCn1cc2c(c1)C(NC)CCC2. The van der Waals surface area contributed by atoms with Gasteiger partial charge in [-0.1, -0.05) is 0 Å². The van der Waals surface area contributed by atoms with Gasteiger partial charge in [-0.3, -0.25) is 4.79 Å². The first-order valence-corrected chi connectivity index (χ1v) is 6.87. The van der Waals surface area contributed by atoms with E-state index in [0.29, 0.717) is 19.0 Å². The predicted molar refractivity (Wildman–Crippen MR) is 72.5 cm³/mol. The standard InChI is InChI=1S/C14H23N3O/c1-3-16-14(18)7-8-17-9-11-5-4-6-13(15-2)12(11)10-17/h9-10,13,15H,3-8H2,1-2H3,(H,16,18). The van der Waals surface area contributed by atoms with Gasteiger partial charge in [-0.05, 0) is 44.4 Å². The molecule has 0 saturated carbocycles. The maximum atomic E-state index is 11.4. The number of aryl methyl sites for hydroxylation is 2. The number of aromatic nitrogens is 1. The summed E-state index contributed by atoms with van der Waals surface area (Å²) in [6.45, 7) is 3.43. The highest BCUT2D eigenvalue weighted by Crippen LogP contribution is 2.30. The molecule has 100 valence electrons. The van der Waals surface area contributed by atoms with Crippen LogP contribution in [0, 0.1) is 0 Å². The van der Waals surface area contributed by atoms with Gasteiger partial charge in [0.1, 0.15) is 0 Å². The summed E-state index contributed by atoms with van der Waals surface area (Å²) in [4.78, 5) is 11.4. The van der Waals surface area contributed by atoms with Gasteiger partial charge in [0.05, 0.1) is 0 Å². The molecule has 2 N–H and O–H groups in total. The number of hydrogen-bond acceptors (Lipinski definition) is 2. The summed E-state index contributed by atoms with van der Waals surface area (Å²) < 4.78 is 2.16. The van der Waals surface area contributed by atoms with Gasteiger partial charge in [-0.2, -0.15) is 0 Å². The Hall–Kier alpha value is -1.29. The van der Waals surface area contributed by atoms with Gasteiger partial charge < -0.3 is 15.2 Å². The lowest BCUT2D eigenvalue weighted by Gasteiger charge is -2.21. The van der Waals surface area contributed by atoms with Crippen molar-refractivity contribution in [3.05, 3.63) is 23.5 Å².